The molecule has 0 radical (unpaired) electrons. The minimum absolute atomic E-state index is 0.204. The number of hydrogen-bond acceptors (Lipinski definition) is 4. The molecular weight excluding hydrogens is 306 g/mol. The maximum atomic E-state index is 12.0. The fourth-order valence-corrected chi connectivity index (χ4v) is 2.72. The quantitative estimate of drug-likeness (QED) is 0.678. The molecule has 0 saturated carbocycles. The molecule has 1 N–H and O–H groups in total. The molecule has 3 rings (SSSR count). The van der Waals surface area contributed by atoms with Crippen LogP contribution < -0.4 is 5.32 Å². The van der Waals surface area contributed by atoms with Crippen LogP contribution in [0.25, 0.3) is 11.0 Å². The molecule has 0 unspecified atom stereocenters. The molecule has 0 bridgehead atoms. The van der Waals surface area contributed by atoms with Crippen molar-refractivity contribution in [3.8, 4) is 0 Å². The second kappa shape index (κ2) is 7.31. The topological polar surface area (TPSA) is 69.3 Å². The van der Waals surface area contributed by atoms with Crippen LogP contribution >= 0.6 is 0 Å². The predicted molar refractivity (Wildman–Crippen MR) is 90.8 cm³/mol. The summed E-state index contributed by atoms with van der Waals surface area (Å²) in [4.78, 5) is 16.6. The Labute approximate surface area is 140 Å². The summed E-state index contributed by atoms with van der Waals surface area (Å²) in [6, 6.07) is 11.5. The highest BCUT2D eigenvalue weighted by atomic mass is 16.5. The Bertz CT molecular complexity index is 835. The standard InChI is InChI=1S/C18H21N3O3/c1-13-20-15-6-3-4-7-16(15)21(13)11-5-10-19-18(22)17-9-8-14(24-17)12-23-2/h3-4,6-9H,5,10-12H2,1-2H3,(H,19,22). The van der Waals surface area contributed by atoms with Crippen molar-refractivity contribution in [1.82, 2.24) is 14.9 Å². The Kier molecular flexibility index (Phi) is 4.96. The number of methoxy groups -OCH3 is 1. The molecular formula is C18H21N3O3. The normalized spacial score (nSPS) is 11.1. The molecule has 2 aromatic heterocycles. The molecule has 1 amide bonds. The monoisotopic (exact) mass is 327 g/mol. The van der Waals surface area contributed by atoms with Crippen molar-refractivity contribution >= 4 is 16.9 Å². The van der Waals surface area contributed by atoms with Crippen LogP contribution in [-0.4, -0.2) is 29.1 Å². The van der Waals surface area contributed by atoms with E-state index in [0.717, 1.165) is 29.8 Å². The Morgan fingerprint density at radius 2 is 2.12 bits per heavy atom. The summed E-state index contributed by atoms with van der Waals surface area (Å²) >= 11 is 0. The average molecular weight is 327 g/mol. The SMILES string of the molecule is COCc1ccc(C(=O)NCCCn2c(C)nc3ccccc32)o1. The lowest BCUT2D eigenvalue weighted by Gasteiger charge is -2.07. The van der Waals surface area contributed by atoms with Gasteiger partial charge in [-0.2, -0.15) is 0 Å². The van der Waals surface area contributed by atoms with Crippen LogP contribution in [0.15, 0.2) is 40.8 Å². The molecule has 1 aromatic carbocycles. The van der Waals surface area contributed by atoms with Gasteiger partial charge in [-0.25, -0.2) is 4.98 Å². The van der Waals surface area contributed by atoms with E-state index in [-0.39, 0.29) is 5.91 Å². The van der Waals surface area contributed by atoms with Crippen molar-refractivity contribution in [2.24, 2.45) is 0 Å². The molecule has 0 fully saturated rings. The number of furan rings is 1. The van der Waals surface area contributed by atoms with Crippen LogP contribution in [-0.2, 0) is 17.9 Å². The summed E-state index contributed by atoms with van der Waals surface area (Å²) in [5, 5.41) is 2.88. The molecule has 0 aliphatic heterocycles. The first-order valence-electron chi connectivity index (χ1n) is 7.97. The fraction of sp³-hybridized carbons (Fsp3) is 0.333. The van der Waals surface area contributed by atoms with Crippen LogP contribution in [0.1, 0.15) is 28.6 Å². The summed E-state index contributed by atoms with van der Waals surface area (Å²) in [6.45, 7) is 3.74. The number of ether oxygens (including phenoxy) is 1. The van der Waals surface area contributed by atoms with Gasteiger partial charge in [-0.15, -0.1) is 0 Å². The lowest BCUT2D eigenvalue weighted by atomic mass is 10.3. The van der Waals surface area contributed by atoms with E-state index in [9.17, 15) is 4.79 Å². The molecule has 0 spiro atoms. The highest BCUT2D eigenvalue weighted by Gasteiger charge is 2.11. The van der Waals surface area contributed by atoms with Gasteiger partial charge in [0, 0.05) is 20.2 Å². The second-order valence-electron chi connectivity index (χ2n) is 5.61. The number of nitrogens with zero attached hydrogens (tertiary/aromatic N) is 2. The van der Waals surface area contributed by atoms with Crippen molar-refractivity contribution in [3.63, 3.8) is 0 Å². The molecule has 6 nitrogen and oxygen atoms in total. The smallest absolute Gasteiger partial charge is 0.286 e. The molecule has 0 saturated heterocycles. The molecule has 6 heteroatoms. The number of amides is 1. The van der Waals surface area contributed by atoms with Crippen LogP contribution in [0, 0.1) is 6.92 Å². The van der Waals surface area contributed by atoms with Gasteiger partial charge in [0.2, 0.25) is 0 Å². The van der Waals surface area contributed by atoms with Gasteiger partial charge in [0.15, 0.2) is 5.76 Å². The lowest BCUT2D eigenvalue weighted by Crippen LogP contribution is -2.24. The van der Waals surface area contributed by atoms with Crippen molar-refractivity contribution in [3.05, 3.63) is 53.7 Å². The van der Waals surface area contributed by atoms with E-state index >= 15 is 0 Å². The summed E-state index contributed by atoms with van der Waals surface area (Å²) < 4.78 is 12.6. The summed E-state index contributed by atoms with van der Waals surface area (Å²) in [7, 11) is 1.59. The zero-order valence-corrected chi connectivity index (χ0v) is 13.9. The molecule has 24 heavy (non-hydrogen) atoms. The number of para-hydroxylation sites is 2. The number of aryl methyl sites for hydroxylation is 2. The molecule has 0 aliphatic carbocycles. The first kappa shape index (κ1) is 16.3. The zero-order valence-electron chi connectivity index (χ0n) is 13.9. The van der Waals surface area contributed by atoms with E-state index < -0.39 is 0 Å². The van der Waals surface area contributed by atoms with Crippen LogP contribution in [0.3, 0.4) is 0 Å². The van der Waals surface area contributed by atoms with E-state index in [0.29, 0.717) is 24.7 Å². The average Bonchev–Trinajstić information content (AvgIpc) is 3.16. The molecule has 126 valence electrons. The largest absolute Gasteiger partial charge is 0.453 e. The van der Waals surface area contributed by atoms with Gasteiger partial charge in [-0.05, 0) is 37.6 Å². The number of fused-ring (bicyclic) bond motifs is 1. The maximum absolute atomic E-state index is 12.0. The summed E-state index contributed by atoms with van der Waals surface area (Å²) in [5.74, 6) is 1.73. The van der Waals surface area contributed by atoms with Crippen molar-refractivity contribution in [2.45, 2.75) is 26.5 Å². The lowest BCUT2D eigenvalue weighted by molar-refractivity contribution is 0.0916. The first-order chi connectivity index (χ1) is 11.7. The van der Waals surface area contributed by atoms with Crippen LogP contribution in [0.4, 0.5) is 0 Å². The number of carbonyl (C=O) groups excluding carboxylic acids is 1. The molecule has 3 aromatic rings. The highest BCUT2D eigenvalue weighted by Crippen LogP contribution is 2.15. The second-order valence-corrected chi connectivity index (χ2v) is 5.61. The van der Waals surface area contributed by atoms with Crippen LogP contribution in [0.2, 0.25) is 0 Å². The minimum Gasteiger partial charge on any atom is -0.453 e. The maximum Gasteiger partial charge on any atom is 0.286 e. The van der Waals surface area contributed by atoms with E-state index in [2.05, 4.69) is 20.9 Å². The van der Waals surface area contributed by atoms with Gasteiger partial charge in [-0.1, -0.05) is 12.1 Å². The number of hydrogen-bond donors (Lipinski definition) is 1. The third-order valence-corrected chi connectivity index (χ3v) is 3.86. The zero-order chi connectivity index (χ0) is 16.9. The van der Waals surface area contributed by atoms with Gasteiger partial charge >= 0.3 is 0 Å². The minimum atomic E-state index is -0.204. The Morgan fingerprint density at radius 3 is 2.96 bits per heavy atom. The number of imidazole rings is 1. The molecule has 0 aliphatic rings. The number of aromatic nitrogens is 2. The molecule has 2 heterocycles. The third kappa shape index (κ3) is 3.49. The van der Waals surface area contributed by atoms with Gasteiger partial charge < -0.3 is 19.0 Å². The van der Waals surface area contributed by atoms with E-state index in [1.54, 1.807) is 19.2 Å². The first-order valence-corrected chi connectivity index (χ1v) is 7.97. The molecule has 0 atom stereocenters. The van der Waals surface area contributed by atoms with Crippen LogP contribution in [0.5, 0.6) is 0 Å². The number of carbonyl (C=O) groups is 1. The predicted octanol–water partition coefficient (Wildman–Crippen LogP) is 2.90. The number of nitrogens with one attached hydrogen (secondary N) is 1. The highest BCUT2D eigenvalue weighted by molar-refractivity contribution is 5.91. The van der Waals surface area contributed by atoms with Crippen molar-refractivity contribution < 1.29 is 13.9 Å². The van der Waals surface area contributed by atoms with Crippen molar-refractivity contribution in [1.29, 1.82) is 0 Å². The van der Waals surface area contributed by atoms with E-state index in [1.807, 2.05) is 25.1 Å². The van der Waals surface area contributed by atoms with Gasteiger partial charge in [0.25, 0.3) is 5.91 Å². The Hall–Kier alpha value is -2.60. The summed E-state index contributed by atoms with van der Waals surface area (Å²) in [5.41, 5.74) is 2.12. The van der Waals surface area contributed by atoms with Crippen molar-refractivity contribution in [2.75, 3.05) is 13.7 Å². The number of benzene rings is 1. The fourth-order valence-electron chi connectivity index (χ4n) is 2.72. The van der Waals surface area contributed by atoms with Gasteiger partial charge in [0.1, 0.15) is 18.2 Å². The van der Waals surface area contributed by atoms with Gasteiger partial charge in [0.05, 0.1) is 11.0 Å². The third-order valence-electron chi connectivity index (χ3n) is 3.86. The van der Waals surface area contributed by atoms with E-state index in [4.69, 9.17) is 9.15 Å². The van der Waals surface area contributed by atoms with E-state index in [1.165, 1.54) is 0 Å². The number of rotatable bonds is 7. The van der Waals surface area contributed by atoms with Gasteiger partial charge in [-0.3, -0.25) is 4.79 Å². The summed E-state index contributed by atoms with van der Waals surface area (Å²) in [6.07, 6.45) is 0.818. The Morgan fingerprint density at radius 1 is 1.29 bits per heavy atom. The Balaban J connectivity index is 1.52.